The van der Waals surface area contributed by atoms with Gasteiger partial charge in [0.15, 0.2) is 0 Å². The fraction of sp³-hybridized carbons (Fsp3) is 0.562. The predicted octanol–water partition coefficient (Wildman–Crippen LogP) is 2.89. The molecular formula is C16H22ClF3N2O2. The van der Waals surface area contributed by atoms with E-state index in [2.05, 4.69) is 5.32 Å². The molecule has 0 unspecified atom stereocenters. The van der Waals surface area contributed by atoms with Gasteiger partial charge in [-0.25, -0.2) is 0 Å². The molecule has 1 saturated carbocycles. The molecule has 4 nitrogen and oxygen atoms in total. The lowest BCUT2D eigenvalue weighted by molar-refractivity contribution is -0.137. The van der Waals surface area contributed by atoms with Gasteiger partial charge in [0.2, 0.25) is 5.91 Å². The van der Waals surface area contributed by atoms with E-state index in [1.54, 1.807) is 7.11 Å². The summed E-state index contributed by atoms with van der Waals surface area (Å²) in [5.41, 5.74) is 5.90. The van der Waals surface area contributed by atoms with Crippen LogP contribution in [0.5, 0.6) is 0 Å². The van der Waals surface area contributed by atoms with Crippen LogP contribution < -0.4 is 11.1 Å². The fourth-order valence-electron chi connectivity index (χ4n) is 2.85. The lowest BCUT2D eigenvalue weighted by atomic mass is 9.83. The van der Waals surface area contributed by atoms with Gasteiger partial charge >= 0.3 is 6.18 Å². The maximum Gasteiger partial charge on any atom is 0.416 e. The van der Waals surface area contributed by atoms with Crippen LogP contribution in [0.15, 0.2) is 24.3 Å². The number of rotatable bonds is 4. The summed E-state index contributed by atoms with van der Waals surface area (Å²) in [5.74, 6) is -0.291. The van der Waals surface area contributed by atoms with Crippen LogP contribution in [-0.2, 0) is 22.3 Å². The molecule has 1 amide bonds. The molecule has 0 heterocycles. The quantitative estimate of drug-likeness (QED) is 0.861. The van der Waals surface area contributed by atoms with Crippen LogP contribution in [0.4, 0.5) is 13.2 Å². The molecule has 1 aliphatic rings. The third-order valence-electron chi connectivity index (χ3n) is 4.26. The Morgan fingerprint density at radius 1 is 1.29 bits per heavy atom. The molecule has 2 rings (SSSR count). The number of ether oxygens (including phenoxy) is 1. The SMILES string of the molecule is CO[C@@H]1CC[C@H](C(=O)NCc2ccc(C(F)(F)F)cc2)C[C@H]1N.Cl. The number of carbonyl (C=O) groups is 1. The number of halogens is 4. The molecule has 24 heavy (non-hydrogen) atoms. The molecule has 136 valence electrons. The zero-order valence-electron chi connectivity index (χ0n) is 13.3. The van der Waals surface area contributed by atoms with E-state index >= 15 is 0 Å². The Balaban J connectivity index is 0.00000288. The van der Waals surface area contributed by atoms with Gasteiger partial charge in [-0.2, -0.15) is 13.2 Å². The summed E-state index contributed by atoms with van der Waals surface area (Å²) in [6, 6.07) is 4.60. The Hall–Kier alpha value is -1.31. The first-order valence-corrected chi connectivity index (χ1v) is 7.53. The molecule has 3 N–H and O–H groups in total. The van der Waals surface area contributed by atoms with Crippen LogP contribution in [0.1, 0.15) is 30.4 Å². The van der Waals surface area contributed by atoms with Crippen LogP contribution in [0.3, 0.4) is 0 Å². The Morgan fingerprint density at radius 2 is 1.92 bits per heavy atom. The zero-order chi connectivity index (χ0) is 17.0. The van der Waals surface area contributed by atoms with Gasteiger partial charge in [0.25, 0.3) is 0 Å². The number of alkyl halides is 3. The Kier molecular flexibility index (Phi) is 7.51. The van der Waals surface area contributed by atoms with Crippen molar-refractivity contribution in [2.45, 2.75) is 44.1 Å². The van der Waals surface area contributed by atoms with Gasteiger partial charge in [-0.15, -0.1) is 12.4 Å². The van der Waals surface area contributed by atoms with E-state index in [0.717, 1.165) is 18.6 Å². The third-order valence-corrected chi connectivity index (χ3v) is 4.26. The Morgan fingerprint density at radius 3 is 2.42 bits per heavy atom. The second-order valence-corrected chi connectivity index (χ2v) is 5.86. The molecule has 3 atom stereocenters. The van der Waals surface area contributed by atoms with Gasteiger partial charge in [0.05, 0.1) is 11.7 Å². The van der Waals surface area contributed by atoms with E-state index in [4.69, 9.17) is 10.5 Å². The Labute approximate surface area is 145 Å². The number of nitrogens with two attached hydrogens (primary N) is 1. The van der Waals surface area contributed by atoms with Crippen LogP contribution in [0, 0.1) is 5.92 Å². The van der Waals surface area contributed by atoms with Crippen LogP contribution in [0.25, 0.3) is 0 Å². The van der Waals surface area contributed by atoms with Crippen molar-refractivity contribution in [3.63, 3.8) is 0 Å². The number of carbonyl (C=O) groups excluding carboxylic acids is 1. The van der Waals surface area contributed by atoms with E-state index in [9.17, 15) is 18.0 Å². The summed E-state index contributed by atoms with van der Waals surface area (Å²) in [5, 5.41) is 2.76. The minimum Gasteiger partial charge on any atom is -0.380 e. The van der Waals surface area contributed by atoms with Gasteiger partial charge < -0.3 is 15.8 Å². The fourth-order valence-corrected chi connectivity index (χ4v) is 2.85. The largest absolute Gasteiger partial charge is 0.416 e. The molecule has 0 saturated heterocycles. The van der Waals surface area contributed by atoms with E-state index in [1.807, 2.05) is 0 Å². The van der Waals surface area contributed by atoms with Crippen molar-refractivity contribution in [2.24, 2.45) is 11.7 Å². The van der Waals surface area contributed by atoms with E-state index < -0.39 is 11.7 Å². The molecule has 1 aliphatic carbocycles. The van der Waals surface area contributed by atoms with E-state index in [0.29, 0.717) is 18.4 Å². The first-order chi connectivity index (χ1) is 10.8. The molecule has 0 radical (unpaired) electrons. The van der Waals surface area contributed by atoms with Crippen molar-refractivity contribution in [1.82, 2.24) is 5.32 Å². The normalized spacial score (nSPS) is 24.1. The number of nitrogens with one attached hydrogen (secondary N) is 1. The number of hydrogen-bond acceptors (Lipinski definition) is 3. The minimum absolute atomic E-state index is 0. The van der Waals surface area contributed by atoms with Gasteiger partial charge in [0.1, 0.15) is 0 Å². The summed E-state index contributed by atoms with van der Waals surface area (Å²) in [6.07, 6.45) is -2.38. The molecule has 0 aromatic heterocycles. The smallest absolute Gasteiger partial charge is 0.380 e. The van der Waals surface area contributed by atoms with Crippen LogP contribution in [0.2, 0.25) is 0 Å². The maximum absolute atomic E-state index is 12.5. The van der Waals surface area contributed by atoms with Crippen LogP contribution >= 0.6 is 12.4 Å². The highest BCUT2D eigenvalue weighted by Gasteiger charge is 2.32. The number of amides is 1. The lowest BCUT2D eigenvalue weighted by Crippen LogP contribution is -2.45. The topological polar surface area (TPSA) is 64.3 Å². The van der Waals surface area contributed by atoms with Crippen molar-refractivity contribution in [1.29, 1.82) is 0 Å². The summed E-state index contributed by atoms with van der Waals surface area (Å²) in [4.78, 5) is 12.2. The third kappa shape index (κ3) is 5.36. The Bertz CT molecular complexity index is 537. The molecule has 1 fully saturated rings. The van der Waals surface area contributed by atoms with E-state index in [-0.39, 0.29) is 42.9 Å². The van der Waals surface area contributed by atoms with Crippen molar-refractivity contribution in [3.05, 3.63) is 35.4 Å². The molecular weight excluding hydrogens is 345 g/mol. The van der Waals surface area contributed by atoms with Gasteiger partial charge in [-0.05, 0) is 37.0 Å². The molecule has 0 spiro atoms. The van der Waals surface area contributed by atoms with Crippen molar-refractivity contribution < 1.29 is 22.7 Å². The van der Waals surface area contributed by atoms with Gasteiger partial charge in [-0.1, -0.05) is 12.1 Å². The van der Waals surface area contributed by atoms with Crippen molar-refractivity contribution >= 4 is 18.3 Å². The first kappa shape index (κ1) is 20.7. The van der Waals surface area contributed by atoms with Crippen molar-refractivity contribution in [3.8, 4) is 0 Å². The zero-order valence-corrected chi connectivity index (χ0v) is 14.1. The summed E-state index contributed by atoms with van der Waals surface area (Å²) < 4.78 is 42.7. The molecule has 1 aromatic carbocycles. The lowest BCUT2D eigenvalue weighted by Gasteiger charge is -2.32. The highest BCUT2D eigenvalue weighted by molar-refractivity contribution is 5.85. The summed E-state index contributed by atoms with van der Waals surface area (Å²) in [7, 11) is 1.61. The average Bonchev–Trinajstić information content (AvgIpc) is 2.52. The molecule has 8 heteroatoms. The highest BCUT2D eigenvalue weighted by atomic mass is 35.5. The van der Waals surface area contributed by atoms with Crippen LogP contribution in [-0.4, -0.2) is 25.2 Å². The first-order valence-electron chi connectivity index (χ1n) is 7.53. The standard InChI is InChI=1S/C16H21F3N2O2.ClH/c1-23-14-7-4-11(8-13(14)20)15(22)21-9-10-2-5-12(6-3-10)16(17,18)19;/h2-3,5-6,11,13-14H,4,7-9,20H2,1H3,(H,21,22);1H/t11-,13+,14+;/m0./s1. The predicted molar refractivity (Wildman–Crippen MR) is 86.7 cm³/mol. The van der Waals surface area contributed by atoms with Gasteiger partial charge in [0, 0.05) is 25.6 Å². The highest BCUT2D eigenvalue weighted by Crippen LogP contribution is 2.29. The summed E-state index contributed by atoms with van der Waals surface area (Å²) >= 11 is 0. The maximum atomic E-state index is 12.5. The second-order valence-electron chi connectivity index (χ2n) is 5.86. The number of hydrogen-bond donors (Lipinski definition) is 2. The average molecular weight is 367 g/mol. The minimum atomic E-state index is -4.35. The van der Waals surface area contributed by atoms with Crippen molar-refractivity contribution in [2.75, 3.05) is 7.11 Å². The van der Waals surface area contributed by atoms with E-state index in [1.165, 1.54) is 12.1 Å². The summed E-state index contributed by atoms with van der Waals surface area (Å²) in [6.45, 7) is 0.205. The van der Waals surface area contributed by atoms with Gasteiger partial charge in [-0.3, -0.25) is 4.79 Å². The second kappa shape index (κ2) is 8.69. The molecule has 0 aliphatic heterocycles. The number of benzene rings is 1. The molecule has 0 bridgehead atoms. The molecule has 1 aromatic rings. The monoisotopic (exact) mass is 366 g/mol. The number of methoxy groups -OCH3 is 1.